The fraction of sp³-hybridized carbons (Fsp3) is 0.947. The lowest BCUT2D eigenvalue weighted by Crippen LogP contribution is -2.28. The molecular weight excluding hydrogens is 258 g/mol. The topological polar surface area (TPSA) is 33.0 Å². The number of hydrogen-bond donors (Lipinski definition) is 0. The summed E-state index contributed by atoms with van der Waals surface area (Å²) in [5.41, 5.74) is 0. The van der Waals surface area contributed by atoms with Crippen LogP contribution >= 0.6 is 0 Å². The van der Waals surface area contributed by atoms with E-state index in [1.807, 2.05) is 0 Å². The summed E-state index contributed by atoms with van der Waals surface area (Å²) >= 11 is 0. The highest BCUT2D eigenvalue weighted by atomic mass is 16.5. The molecule has 0 aliphatic heterocycles. The zero-order chi connectivity index (χ0) is 14.9. The first-order chi connectivity index (χ1) is 10.3. The molecule has 0 N–H and O–H groups in total. The monoisotopic (exact) mass is 291 g/mol. The van der Waals surface area contributed by atoms with Gasteiger partial charge in [-0.25, -0.2) is 0 Å². The van der Waals surface area contributed by atoms with Crippen LogP contribution in [0.4, 0.5) is 0 Å². The van der Waals surface area contributed by atoms with E-state index in [1.54, 1.807) is 0 Å². The molecule has 0 radical (unpaired) electrons. The molecule has 21 heavy (non-hydrogen) atoms. The molecule has 0 aromatic rings. The summed E-state index contributed by atoms with van der Waals surface area (Å²) in [6, 6.07) is 2.45. The molecule has 0 amide bonds. The summed E-state index contributed by atoms with van der Waals surface area (Å²) < 4.78 is 6.06. The second-order valence-electron chi connectivity index (χ2n) is 7.21. The Morgan fingerprint density at radius 3 is 2.05 bits per heavy atom. The maximum Gasteiger partial charge on any atom is 0.0655 e. The maximum atomic E-state index is 8.99. The molecule has 2 aliphatic rings. The Morgan fingerprint density at radius 1 is 0.857 bits per heavy atom. The van der Waals surface area contributed by atoms with Crippen molar-refractivity contribution < 1.29 is 4.74 Å². The molecule has 2 heteroatoms. The fourth-order valence-corrected chi connectivity index (χ4v) is 4.23. The van der Waals surface area contributed by atoms with E-state index < -0.39 is 0 Å². The number of rotatable bonds is 7. The van der Waals surface area contributed by atoms with E-state index in [1.165, 1.54) is 64.2 Å². The molecule has 2 aliphatic carbocycles. The summed E-state index contributed by atoms with van der Waals surface area (Å²) in [6.45, 7) is 3.23. The summed E-state index contributed by atoms with van der Waals surface area (Å²) in [7, 11) is 0. The number of hydrogen-bond acceptors (Lipinski definition) is 2. The standard InChI is InChI=1S/C19H33NO/c1-2-3-4-5-14-21-19-12-10-18(11-13-19)17-8-6-16(15-20)7-9-17/h16-19H,2-14H2,1H3. The molecule has 120 valence electrons. The van der Waals surface area contributed by atoms with Crippen molar-refractivity contribution in [2.75, 3.05) is 6.61 Å². The van der Waals surface area contributed by atoms with Gasteiger partial charge in [-0.05, 0) is 69.6 Å². The van der Waals surface area contributed by atoms with Gasteiger partial charge in [-0.1, -0.05) is 26.2 Å². The van der Waals surface area contributed by atoms with Gasteiger partial charge in [0, 0.05) is 12.5 Å². The van der Waals surface area contributed by atoms with Gasteiger partial charge in [0.25, 0.3) is 0 Å². The molecule has 2 saturated carbocycles. The van der Waals surface area contributed by atoms with E-state index in [0.29, 0.717) is 12.0 Å². The lowest BCUT2D eigenvalue weighted by Gasteiger charge is -2.36. The fourth-order valence-electron chi connectivity index (χ4n) is 4.23. The summed E-state index contributed by atoms with van der Waals surface area (Å²) in [4.78, 5) is 0. The predicted molar refractivity (Wildman–Crippen MR) is 86.9 cm³/mol. The first kappa shape index (κ1) is 16.8. The molecule has 0 heterocycles. The van der Waals surface area contributed by atoms with Crippen molar-refractivity contribution in [3.8, 4) is 6.07 Å². The second kappa shape index (κ2) is 9.46. The Hall–Kier alpha value is -0.550. The maximum absolute atomic E-state index is 8.99. The van der Waals surface area contributed by atoms with Gasteiger partial charge in [0.05, 0.1) is 12.2 Å². The minimum absolute atomic E-state index is 0.351. The van der Waals surface area contributed by atoms with Crippen LogP contribution in [0.25, 0.3) is 0 Å². The number of nitriles is 1. The van der Waals surface area contributed by atoms with Gasteiger partial charge in [0.2, 0.25) is 0 Å². The normalized spacial score (nSPS) is 33.5. The molecule has 0 unspecified atom stereocenters. The Kier molecular flexibility index (Phi) is 7.58. The van der Waals surface area contributed by atoms with Crippen LogP contribution in [-0.4, -0.2) is 12.7 Å². The lowest BCUT2D eigenvalue weighted by molar-refractivity contribution is 0.00605. The largest absolute Gasteiger partial charge is 0.378 e. The van der Waals surface area contributed by atoms with Crippen molar-refractivity contribution in [2.45, 2.75) is 90.1 Å². The first-order valence-corrected chi connectivity index (χ1v) is 9.34. The molecule has 2 rings (SSSR count). The van der Waals surface area contributed by atoms with Gasteiger partial charge >= 0.3 is 0 Å². The summed E-state index contributed by atoms with van der Waals surface area (Å²) in [6.07, 6.45) is 15.9. The summed E-state index contributed by atoms with van der Waals surface area (Å²) in [5.74, 6) is 2.17. The zero-order valence-corrected chi connectivity index (χ0v) is 13.9. The van der Waals surface area contributed by atoms with Crippen molar-refractivity contribution in [3.05, 3.63) is 0 Å². The van der Waals surface area contributed by atoms with Crippen molar-refractivity contribution in [3.63, 3.8) is 0 Å². The minimum Gasteiger partial charge on any atom is -0.378 e. The Bertz CT molecular complexity index is 306. The average molecular weight is 291 g/mol. The van der Waals surface area contributed by atoms with Gasteiger partial charge in [0.1, 0.15) is 0 Å². The van der Waals surface area contributed by atoms with Crippen molar-refractivity contribution in [1.29, 1.82) is 5.26 Å². The molecule has 2 nitrogen and oxygen atoms in total. The van der Waals surface area contributed by atoms with Crippen molar-refractivity contribution in [1.82, 2.24) is 0 Å². The van der Waals surface area contributed by atoms with Crippen LogP contribution in [-0.2, 0) is 4.74 Å². The number of ether oxygens (including phenoxy) is 1. The average Bonchev–Trinajstić information content (AvgIpc) is 2.55. The van der Waals surface area contributed by atoms with E-state index in [4.69, 9.17) is 10.00 Å². The molecule has 2 fully saturated rings. The molecule has 0 aromatic carbocycles. The third-order valence-electron chi connectivity index (χ3n) is 5.69. The van der Waals surface area contributed by atoms with Crippen LogP contribution in [0.3, 0.4) is 0 Å². The lowest BCUT2D eigenvalue weighted by atomic mass is 9.71. The highest BCUT2D eigenvalue weighted by molar-refractivity contribution is 4.89. The van der Waals surface area contributed by atoms with Gasteiger partial charge in [-0.2, -0.15) is 5.26 Å². The molecule has 0 bridgehead atoms. The van der Waals surface area contributed by atoms with Gasteiger partial charge in [0.15, 0.2) is 0 Å². The van der Waals surface area contributed by atoms with E-state index >= 15 is 0 Å². The van der Waals surface area contributed by atoms with E-state index in [9.17, 15) is 0 Å². The van der Waals surface area contributed by atoms with Crippen LogP contribution in [0.1, 0.15) is 84.0 Å². The van der Waals surface area contributed by atoms with Crippen LogP contribution < -0.4 is 0 Å². The molecule has 0 spiro atoms. The third kappa shape index (κ3) is 5.62. The van der Waals surface area contributed by atoms with Gasteiger partial charge < -0.3 is 4.74 Å². The van der Waals surface area contributed by atoms with Gasteiger partial charge in [-0.15, -0.1) is 0 Å². The van der Waals surface area contributed by atoms with Crippen LogP contribution in [0.2, 0.25) is 0 Å². The molecular formula is C19H33NO. The van der Waals surface area contributed by atoms with E-state index in [0.717, 1.165) is 31.3 Å². The van der Waals surface area contributed by atoms with E-state index in [-0.39, 0.29) is 0 Å². The van der Waals surface area contributed by atoms with Gasteiger partial charge in [-0.3, -0.25) is 0 Å². The van der Waals surface area contributed by atoms with Crippen molar-refractivity contribution in [2.24, 2.45) is 17.8 Å². The Labute approximate surface area is 131 Å². The highest BCUT2D eigenvalue weighted by Crippen LogP contribution is 2.40. The Balaban J connectivity index is 1.57. The van der Waals surface area contributed by atoms with Crippen LogP contribution in [0.5, 0.6) is 0 Å². The van der Waals surface area contributed by atoms with Crippen molar-refractivity contribution >= 4 is 0 Å². The minimum atomic E-state index is 0.351. The van der Waals surface area contributed by atoms with E-state index in [2.05, 4.69) is 13.0 Å². The number of unbranched alkanes of at least 4 members (excludes halogenated alkanes) is 3. The first-order valence-electron chi connectivity index (χ1n) is 9.34. The zero-order valence-electron chi connectivity index (χ0n) is 13.9. The SMILES string of the molecule is CCCCCCOC1CCC(C2CCC(C#N)CC2)CC1. The molecule has 0 saturated heterocycles. The van der Waals surface area contributed by atoms with Crippen LogP contribution in [0.15, 0.2) is 0 Å². The molecule has 0 atom stereocenters. The highest BCUT2D eigenvalue weighted by Gasteiger charge is 2.30. The molecule has 0 aromatic heterocycles. The Morgan fingerprint density at radius 2 is 1.48 bits per heavy atom. The third-order valence-corrected chi connectivity index (χ3v) is 5.69. The number of nitrogens with zero attached hydrogens (tertiary/aromatic N) is 1. The quantitative estimate of drug-likeness (QED) is 0.582. The predicted octanol–water partition coefficient (Wildman–Crippen LogP) is 5.47. The van der Waals surface area contributed by atoms with Crippen LogP contribution in [0, 0.1) is 29.1 Å². The summed E-state index contributed by atoms with van der Waals surface area (Å²) in [5, 5.41) is 8.99. The second-order valence-corrected chi connectivity index (χ2v) is 7.21. The smallest absolute Gasteiger partial charge is 0.0655 e.